The van der Waals surface area contributed by atoms with E-state index in [0.29, 0.717) is 11.3 Å². The van der Waals surface area contributed by atoms with Crippen molar-refractivity contribution in [3.63, 3.8) is 0 Å². The number of hydrogen-bond donors (Lipinski definition) is 2. The van der Waals surface area contributed by atoms with E-state index in [1.165, 1.54) is 24.3 Å². The van der Waals surface area contributed by atoms with Crippen molar-refractivity contribution >= 4 is 17.6 Å². The van der Waals surface area contributed by atoms with Gasteiger partial charge in [-0.1, -0.05) is 48.5 Å². The molecular weight excluding hydrogens is 452 g/mol. The molecule has 0 aliphatic rings. The molecule has 0 radical (unpaired) electrons. The van der Waals surface area contributed by atoms with Gasteiger partial charge in [0, 0.05) is 30.5 Å². The van der Waals surface area contributed by atoms with Crippen molar-refractivity contribution in [1.82, 2.24) is 5.32 Å². The zero-order valence-electron chi connectivity index (χ0n) is 18.9. The number of rotatable bonds is 12. The quantitative estimate of drug-likeness (QED) is 0.232. The summed E-state index contributed by atoms with van der Waals surface area (Å²) in [5.41, 5.74) is 1.22. The molecule has 1 amide bonds. The molecule has 9 nitrogen and oxygen atoms in total. The van der Waals surface area contributed by atoms with Gasteiger partial charge in [0.2, 0.25) is 0 Å². The lowest BCUT2D eigenvalue weighted by molar-refractivity contribution is -0.384. The second-order valence-electron chi connectivity index (χ2n) is 7.75. The van der Waals surface area contributed by atoms with E-state index in [1.807, 2.05) is 30.3 Å². The average molecular weight is 479 g/mol. The Morgan fingerprint density at radius 1 is 0.943 bits per heavy atom. The predicted octanol–water partition coefficient (Wildman–Crippen LogP) is 3.31. The van der Waals surface area contributed by atoms with Gasteiger partial charge < -0.3 is 19.9 Å². The predicted molar refractivity (Wildman–Crippen MR) is 128 cm³/mol. The molecule has 0 spiro atoms. The molecule has 0 aliphatic carbocycles. The van der Waals surface area contributed by atoms with Gasteiger partial charge in [0.1, 0.15) is 18.4 Å². The SMILES string of the molecule is O=C(N[C@@H](Cc1ccccc1)C(=O)OCC(O)CCOc1ccc([N+](=O)[O-])cc1)c1ccccc1. The summed E-state index contributed by atoms with van der Waals surface area (Å²) in [6, 6.07) is 22.4. The molecule has 1 unspecified atom stereocenters. The van der Waals surface area contributed by atoms with E-state index in [9.17, 15) is 24.8 Å². The third-order valence-electron chi connectivity index (χ3n) is 5.09. The summed E-state index contributed by atoms with van der Waals surface area (Å²) in [6.07, 6.45) is -0.582. The van der Waals surface area contributed by atoms with Gasteiger partial charge in [-0.15, -0.1) is 0 Å². The highest BCUT2D eigenvalue weighted by Gasteiger charge is 2.24. The van der Waals surface area contributed by atoms with Crippen molar-refractivity contribution < 1.29 is 29.1 Å². The fraction of sp³-hybridized carbons (Fsp3) is 0.231. The van der Waals surface area contributed by atoms with Gasteiger partial charge >= 0.3 is 5.97 Å². The maximum Gasteiger partial charge on any atom is 0.329 e. The van der Waals surface area contributed by atoms with Crippen LogP contribution in [-0.2, 0) is 16.0 Å². The molecule has 182 valence electrons. The number of hydrogen-bond acceptors (Lipinski definition) is 7. The maximum atomic E-state index is 12.8. The molecule has 3 rings (SSSR count). The number of carbonyl (C=O) groups is 2. The van der Waals surface area contributed by atoms with Crippen LogP contribution in [0.1, 0.15) is 22.3 Å². The van der Waals surface area contributed by atoms with E-state index < -0.39 is 28.9 Å². The van der Waals surface area contributed by atoms with Gasteiger partial charge in [-0.2, -0.15) is 0 Å². The third-order valence-corrected chi connectivity index (χ3v) is 5.09. The highest BCUT2D eigenvalue weighted by atomic mass is 16.6. The number of ether oxygens (including phenoxy) is 2. The molecule has 2 N–H and O–H groups in total. The molecule has 9 heteroatoms. The van der Waals surface area contributed by atoms with Crippen molar-refractivity contribution in [2.24, 2.45) is 0 Å². The zero-order chi connectivity index (χ0) is 25.0. The molecule has 0 bridgehead atoms. The highest BCUT2D eigenvalue weighted by Crippen LogP contribution is 2.17. The number of esters is 1. The first kappa shape index (κ1) is 25.4. The molecule has 2 atom stereocenters. The number of nitro benzene ring substituents is 1. The van der Waals surface area contributed by atoms with E-state index in [0.717, 1.165) is 5.56 Å². The summed E-state index contributed by atoms with van der Waals surface area (Å²) >= 11 is 0. The molecule has 0 saturated carbocycles. The Labute approximate surface area is 202 Å². The van der Waals surface area contributed by atoms with E-state index in [4.69, 9.17) is 9.47 Å². The van der Waals surface area contributed by atoms with Crippen molar-refractivity contribution in [3.8, 4) is 5.75 Å². The highest BCUT2D eigenvalue weighted by molar-refractivity contribution is 5.96. The second-order valence-corrected chi connectivity index (χ2v) is 7.75. The van der Waals surface area contributed by atoms with Gasteiger partial charge in [-0.3, -0.25) is 14.9 Å². The largest absolute Gasteiger partial charge is 0.493 e. The number of nitrogens with zero attached hydrogens (tertiary/aromatic N) is 1. The van der Waals surface area contributed by atoms with Crippen LogP contribution in [0, 0.1) is 10.1 Å². The van der Waals surface area contributed by atoms with Crippen molar-refractivity contribution in [2.75, 3.05) is 13.2 Å². The Balaban J connectivity index is 1.51. The Hall–Kier alpha value is -4.24. The summed E-state index contributed by atoms with van der Waals surface area (Å²) in [4.78, 5) is 35.6. The van der Waals surface area contributed by atoms with Crippen LogP contribution in [0.25, 0.3) is 0 Å². The molecule has 0 fully saturated rings. The summed E-state index contributed by atoms with van der Waals surface area (Å²) in [6.45, 7) is -0.149. The second kappa shape index (κ2) is 12.9. The van der Waals surface area contributed by atoms with E-state index in [-0.39, 0.29) is 31.7 Å². The van der Waals surface area contributed by atoms with Crippen molar-refractivity contribution in [1.29, 1.82) is 0 Å². The maximum absolute atomic E-state index is 12.8. The monoisotopic (exact) mass is 478 g/mol. The van der Waals surface area contributed by atoms with E-state index >= 15 is 0 Å². The number of nitrogens with one attached hydrogen (secondary N) is 1. The van der Waals surface area contributed by atoms with Gasteiger partial charge in [0.25, 0.3) is 11.6 Å². The molecule has 3 aromatic carbocycles. The Morgan fingerprint density at radius 2 is 1.57 bits per heavy atom. The lowest BCUT2D eigenvalue weighted by Gasteiger charge is -2.19. The standard InChI is InChI=1S/C26H26N2O7/c29-22(15-16-34-23-13-11-21(12-14-23)28(32)33)18-35-26(31)24(17-19-7-3-1-4-8-19)27-25(30)20-9-5-2-6-10-20/h1-14,22,24,29H,15-18H2,(H,27,30)/t22?,24-/m0/s1. The summed E-state index contributed by atoms with van der Waals surface area (Å²) < 4.78 is 10.8. The van der Waals surface area contributed by atoms with Crippen LogP contribution < -0.4 is 10.1 Å². The number of nitro groups is 1. The van der Waals surface area contributed by atoms with Gasteiger partial charge in [0.15, 0.2) is 0 Å². The fourth-order valence-corrected chi connectivity index (χ4v) is 3.21. The Bertz CT molecular complexity index is 1110. The third kappa shape index (κ3) is 8.24. The van der Waals surface area contributed by atoms with Gasteiger partial charge in [-0.25, -0.2) is 4.79 Å². The van der Waals surface area contributed by atoms with E-state index in [2.05, 4.69) is 5.32 Å². The summed E-state index contributed by atoms with van der Waals surface area (Å²) in [7, 11) is 0. The minimum atomic E-state index is -0.987. The van der Waals surface area contributed by atoms with E-state index in [1.54, 1.807) is 30.3 Å². The number of carbonyl (C=O) groups excluding carboxylic acids is 2. The number of amides is 1. The molecule has 35 heavy (non-hydrogen) atoms. The van der Waals surface area contributed by atoms with Crippen LogP contribution in [-0.4, -0.2) is 47.3 Å². The number of aliphatic hydroxyl groups is 1. The van der Waals surface area contributed by atoms with Gasteiger partial charge in [-0.05, 0) is 29.8 Å². The number of benzene rings is 3. The molecule has 0 aromatic heterocycles. The normalized spacial score (nSPS) is 12.3. The van der Waals surface area contributed by atoms with Crippen LogP contribution in [0.5, 0.6) is 5.75 Å². The minimum Gasteiger partial charge on any atom is -0.493 e. The molecular formula is C26H26N2O7. The lowest BCUT2D eigenvalue weighted by Crippen LogP contribution is -2.44. The molecule has 3 aromatic rings. The number of aliphatic hydroxyl groups excluding tert-OH is 1. The smallest absolute Gasteiger partial charge is 0.329 e. The molecule has 0 saturated heterocycles. The minimum absolute atomic E-state index is 0.0475. The van der Waals surface area contributed by atoms with Crippen LogP contribution in [0.2, 0.25) is 0 Å². The number of non-ortho nitro benzene ring substituents is 1. The van der Waals surface area contributed by atoms with Gasteiger partial charge in [0.05, 0.1) is 17.6 Å². The Kier molecular flexibility index (Phi) is 9.32. The average Bonchev–Trinajstić information content (AvgIpc) is 2.88. The topological polar surface area (TPSA) is 128 Å². The summed E-state index contributed by atoms with van der Waals surface area (Å²) in [5, 5.41) is 23.6. The molecule has 0 aliphatic heterocycles. The van der Waals surface area contributed by atoms with Crippen LogP contribution in [0.4, 0.5) is 5.69 Å². The van der Waals surface area contributed by atoms with Crippen molar-refractivity contribution in [3.05, 3.63) is 106 Å². The zero-order valence-corrected chi connectivity index (χ0v) is 18.9. The fourth-order valence-electron chi connectivity index (χ4n) is 3.21. The van der Waals surface area contributed by atoms with Crippen LogP contribution in [0.15, 0.2) is 84.9 Å². The molecule has 0 heterocycles. The lowest BCUT2D eigenvalue weighted by atomic mass is 10.1. The van der Waals surface area contributed by atoms with Crippen LogP contribution >= 0.6 is 0 Å². The first-order chi connectivity index (χ1) is 16.9. The first-order valence-corrected chi connectivity index (χ1v) is 11.0. The Morgan fingerprint density at radius 3 is 2.20 bits per heavy atom. The first-order valence-electron chi connectivity index (χ1n) is 11.0. The summed E-state index contributed by atoms with van der Waals surface area (Å²) in [5.74, 6) is -0.639. The van der Waals surface area contributed by atoms with Crippen molar-refractivity contribution in [2.45, 2.75) is 25.0 Å². The van der Waals surface area contributed by atoms with Crippen LogP contribution in [0.3, 0.4) is 0 Å².